The molecular formula is C24H23F4N3O4. The molecule has 0 saturated heterocycles. The Morgan fingerprint density at radius 1 is 1.20 bits per heavy atom. The van der Waals surface area contributed by atoms with E-state index in [0.717, 1.165) is 16.9 Å². The molecule has 1 atom stereocenters. The number of carboxylic acids is 1. The molecule has 7 nitrogen and oxygen atoms in total. The first-order chi connectivity index (χ1) is 16.4. The van der Waals surface area contributed by atoms with Crippen molar-refractivity contribution in [2.75, 3.05) is 7.11 Å². The number of nitrogens with one attached hydrogen (secondary N) is 1. The zero-order valence-corrected chi connectivity index (χ0v) is 19.0. The number of aryl methyl sites for hydroxylation is 1. The molecule has 0 aliphatic carbocycles. The predicted octanol–water partition coefficient (Wildman–Crippen LogP) is 4.85. The van der Waals surface area contributed by atoms with Gasteiger partial charge in [-0.25, -0.2) is 14.2 Å². The van der Waals surface area contributed by atoms with Crippen LogP contribution < -0.4 is 10.1 Å². The van der Waals surface area contributed by atoms with Gasteiger partial charge >= 0.3 is 12.1 Å². The summed E-state index contributed by atoms with van der Waals surface area (Å²) in [6, 6.07) is 11.5. The lowest BCUT2D eigenvalue weighted by Crippen LogP contribution is -2.24. The van der Waals surface area contributed by atoms with Crippen molar-refractivity contribution < 1.29 is 37.0 Å². The lowest BCUT2D eigenvalue weighted by atomic mass is 10.1. The molecule has 0 aliphatic heterocycles. The van der Waals surface area contributed by atoms with E-state index in [1.54, 1.807) is 31.6 Å². The van der Waals surface area contributed by atoms with Gasteiger partial charge < -0.3 is 19.7 Å². The van der Waals surface area contributed by atoms with E-state index in [1.807, 2.05) is 42.8 Å². The lowest BCUT2D eigenvalue weighted by molar-refractivity contribution is -0.192. The van der Waals surface area contributed by atoms with E-state index in [-0.39, 0.29) is 17.8 Å². The molecule has 11 heteroatoms. The average Bonchev–Trinajstić information content (AvgIpc) is 3.23. The topological polar surface area (TPSA) is 93.5 Å². The van der Waals surface area contributed by atoms with Crippen molar-refractivity contribution in [2.45, 2.75) is 26.1 Å². The molecule has 1 unspecified atom stereocenters. The minimum atomic E-state index is -5.08. The highest BCUT2D eigenvalue weighted by Crippen LogP contribution is 2.25. The first-order valence-corrected chi connectivity index (χ1v) is 10.1. The van der Waals surface area contributed by atoms with Crippen molar-refractivity contribution in [3.05, 3.63) is 83.7 Å². The number of alkyl halides is 3. The highest BCUT2D eigenvalue weighted by Gasteiger charge is 2.38. The highest BCUT2D eigenvalue weighted by atomic mass is 19.4. The van der Waals surface area contributed by atoms with E-state index in [0.29, 0.717) is 11.3 Å². The molecule has 2 N–H and O–H groups in total. The number of carbonyl (C=O) groups excluding carboxylic acids is 1. The smallest absolute Gasteiger partial charge is 0.490 e. The summed E-state index contributed by atoms with van der Waals surface area (Å²) in [4.78, 5) is 25.3. The third kappa shape index (κ3) is 8.29. The highest BCUT2D eigenvalue weighted by molar-refractivity contribution is 5.92. The van der Waals surface area contributed by atoms with E-state index in [9.17, 15) is 22.4 Å². The van der Waals surface area contributed by atoms with Gasteiger partial charge in [-0.15, -0.1) is 0 Å². The van der Waals surface area contributed by atoms with Crippen LogP contribution in [0.25, 0.3) is 11.8 Å². The normalized spacial score (nSPS) is 12.0. The largest absolute Gasteiger partial charge is 0.495 e. The maximum atomic E-state index is 13.3. The molecule has 35 heavy (non-hydrogen) atoms. The number of carboxylic acid groups (broad SMARTS) is 1. The molecule has 0 bridgehead atoms. The Kier molecular flexibility index (Phi) is 9.15. The molecule has 0 fully saturated rings. The van der Waals surface area contributed by atoms with Crippen LogP contribution in [0.5, 0.6) is 5.75 Å². The van der Waals surface area contributed by atoms with Gasteiger partial charge in [-0.3, -0.25) is 4.79 Å². The molecule has 186 valence electrons. The summed E-state index contributed by atoms with van der Waals surface area (Å²) in [6.07, 6.45) is 1.71. The first-order valence-electron chi connectivity index (χ1n) is 10.1. The van der Waals surface area contributed by atoms with E-state index in [1.165, 1.54) is 18.2 Å². The van der Waals surface area contributed by atoms with Gasteiger partial charge in [0.1, 0.15) is 11.6 Å². The van der Waals surface area contributed by atoms with Crippen LogP contribution in [-0.4, -0.2) is 39.8 Å². The Bertz CT molecular complexity index is 1210. The van der Waals surface area contributed by atoms with Crippen LogP contribution in [0.15, 0.2) is 61.1 Å². The quantitative estimate of drug-likeness (QED) is 0.378. The number of imidazole rings is 1. The van der Waals surface area contributed by atoms with Gasteiger partial charge in [0.05, 0.1) is 30.9 Å². The number of aliphatic carboxylic acids is 1. The van der Waals surface area contributed by atoms with Crippen molar-refractivity contribution >= 4 is 18.0 Å². The second kappa shape index (κ2) is 11.8. The summed E-state index contributed by atoms with van der Waals surface area (Å²) in [6.45, 7) is 3.73. The number of carbonyl (C=O) groups is 2. The molecule has 1 heterocycles. The number of ether oxygens (including phenoxy) is 1. The Labute approximate surface area is 198 Å². The van der Waals surface area contributed by atoms with Crippen molar-refractivity contribution in [1.82, 2.24) is 14.9 Å². The van der Waals surface area contributed by atoms with Crippen LogP contribution in [0, 0.1) is 12.7 Å². The average molecular weight is 493 g/mol. The Morgan fingerprint density at radius 3 is 2.43 bits per heavy atom. The standard InChI is InChI=1S/C22H22FN3O2.C2HF3O2/c1-15-13-26(14-24-15)20-9-7-17(11-21(20)28-3)8-10-22(27)25-16(2)18-5-4-6-19(23)12-18;3-2(4,5)1(6)7/h4-14,16H,1-3H3,(H,25,27);(H,6,7)/b10-8+;. The Hall–Kier alpha value is -4.15. The van der Waals surface area contributed by atoms with E-state index >= 15 is 0 Å². The van der Waals surface area contributed by atoms with Gasteiger partial charge in [-0.05, 0) is 55.3 Å². The summed E-state index contributed by atoms with van der Waals surface area (Å²) in [7, 11) is 1.60. The summed E-state index contributed by atoms with van der Waals surface area (Å²) in [5.41, 5.74) is 3.31. The molecule has 2 aromatic carbocycles. The lowest BCUT2D eigenvalue weighted by Gasteiger charge is -2.13. The number of rotatable bonds is 6. The first kappa shape index (κ1) is 27.1. The summed E-state index contributed by atoms with van der Waals surface area (Å²) < 4.78 is 52.4. The van der Waals surface area contributed by atoms with Crippen molar-refractivity contribution in [2.24, 2.45) is 0 Å². The van der Waals surface area contributed by atoms with Gasteiger partial charge in [-0.2, -0.15) is 13.2 Å². The van der Waals surface area contributed by atoms with Gasteiger partial charge in [-0.1, -0.05) is 18.2 Å². The van der Waals surface area contributed by atoms with Gasteiger partial charge in [0, 0.05) is 12.3 Å². The summed E-state index contributed by atoms with van der Waals surface area (Å²) in [5, 5.41) is 9.95. The Balaban J connectivity index is 0.000000540. The summed E-state index contributed by atoms with van der Waals surface area (Å²) >= 11 is 0. The van der Waals surface area contributed by atoms with E-state index in [4.69, 9.17) is 14.6 Å². The number of aromatic nitrogens is 2. The number of hydrogen-bond donors (Lipinski definition) is 2. The molecule has 1 amide bonds. The van der Waals surface area contributed by atoms with Crippen LogP contribution in [0.3, 0.4) is 0 Å². The van der Waals surface area contributed by atoms with Crippen molar-refractivity contribution in [3.8, 4) is 11.4 Å². The molecule has 3 rings (SSSR count). The van der Waals surface area contributed by atoms with Crippen molar-refractivity contribution in [1.29, 1.82) is 0 Å². The minimum Gasteiger partial charge on any atom is -0.495 e. The maximum Gasteiger partial charge on any atom is 0.490 e. The fourth-order valence-corrected chi connectivity index (χ4v) is 2.86. The third-order valence-electron chi connectivity index (χ3n) is 4.57. The number of halogens is 4. The molecule has 0 saturated carbocycles. The third-order valence-corrected chi connectivity index (χ3v) is 4.57. The molecule has 0 aliphatic rings. The number of amides is 1. The fourth-order valence-electron chi connectivity index (χ4n) is 2.86. The van der Waals surface area contributed by atoms with Crippen LogP contribution in [0.2, 0.25) is 0 Å². The molecular weight excluding hydrogens is 470 g/mol. The second-order valence-corrected chi connectivity index (χ2v) is 7.28. The number of nitrogens with zero attached hydrogens (tertiary/aromatic N) is 2. The van der Waals surface area contributed by atoms with Gasteiger partial charge in [0.15, 0.2) is 0 Å². The maximum absolute atomic E-state index is 13.3. The molecule has 0 radical (unpaired) electrons. The molecule has 3 aromatic rings. The number of methoxy groups -OCH3 is 1. The monoisotopic (exact) mass is 493 g/mol. The van der Waals surface area contributed by atoms with Gasteiger partial charge in [0.2, 0.25) is 5.91 Å². The molecule has 1 aromatic heterocycles. The zero-order chi connectivity index (χ0) is 26.2. The summed E-state index contributed by atoms with van der Waals surface area (Å²) in [5.74, 6) is -2.67. The van der Waals surface area contributed by atoms with Crippen LogP contribution in [0.1, 0.15) is 29.8 Å². The van der Waals surface area contributed by atoms with E-state index in [2.05, 4.69) is 10.3 Å². The van der Waals surface area contributed by atoms with E-state index < -0.39 is 12.1 Å². The second-order valence-electron chi connectivity index (χ2n) is 7.28. The Morgan fingerprint density at radius 2 is 1.89 bits per heavy atom. The predicted molar refractivity (Wildman–Crippen MR) is 121 cm³/mol. The van der Waals surface area contributed by atoms with Crippen LogP contribution in [0.4, 0.5) is 17.6 Å². The minimum absolute atomic E-state index is 0.259. The fraction of sp³-hybridized carbons (Fsp3) is 0.208. The molecule has 0 spiro atoms. The number of hydrogen-bond acceptors (Lipinski definition) is 4. The van der Waals surface area contributed by atoms with Gasteiger partial charge in [0.25, 0.3) is 0 Å². The van der Waals surface area contributed by atoms with Crippen LogP contribution >= 0.6 is 0 Å². The SMILES string of the molecule is COc1cc(/C=C/C(=O)NC(C)c2cccc(F)c2)ccc1-n1cnc(C)c1.O=C(O)C(F)(F)F. The van der Waals surface area contributed by atoms with Crippen LogP contribution in [-0.2, 0) is 9.59 Å². The zero-order valence-electron chi connectivity index (χ0n) is 19.0. The number of benzene rings is 2. The van der Waals surface area contributed by atoms with Crippen molar-refractivity contribution in [3.63, 3.8) is 0 Å².